The third-order valence-corrected chi connectivity index (χ3v) is 1.14. The smallest absolute Gasteiger partial charge is 0.238 e. The fraction of sp³-hybridized carbons (Fsp3) is 0. The lowest BCUT2D eigenvalue weighted by molar-refractivity contribution is 0.590. The molecule has 0 atom stereocenters. The highest BCUT2D eigenvalue weighted by Gasteiger charge is 2.05. The number of aromatic nitrogens is 1. The Kier molecular flexibility index (Phi) is 1.33. The number of pyridine rings is 1. The summed E-state index contributed by atoms with van der Waals surface area (Å²) in [6, 6.07) is 0. The van der Waals surface area contributed by atoms with Crippen LogP contribution in [-0.4, -0.2) is 4.98 Å². The summed E-state index contributed by atoms with van der Waals surface area (Å²) in [5.74, 6) is -0.785. The highest BCUT2D eigenvalue weighted by Crippen LogP contribution is 2.22. The minimum atomic E-state index is -0.785. The van der Waals surface area contributed by atoms with Crippen molar-refractivity contribution in [3.05, 3.63) is 12.1 Å². The zero-order valence-corrected chi connectivity index (χ0v) is 5.13. The summed E-state index contributed by atoms with van der Waals surface area (Å²) in [5.41, 5.74) is 15.7. The Morgan fingerprint density at radius 2 is 1.80 bits per heavy atom. The molecule has 5 heteroatoms. The molecule has 0 amide bonds. The summed E-state index contributed by atoms with van der Waals surface area (Å²) in [4.78, 5) is 3.24. The van der Waals surface area contributed by atoms with Crippen LogP contribution < -0.4 is 17.2 Å². The highest BCUT2D eigenvalue weighted by atomic mass is 19.1. The number of hydrogen-bond donors (Lipinski definition) is 3. The molecule has 0 aromatic carbocycles. The van der Waals surface area contributed by atoms with Crippen molar-refractivity contribution in [3.63, 3.8) is 0 Å². The highest BCUT2D eigenvalue weighted by molar-refractivity contribution is 5.75. The van der Waals surface area contributed by atoms with E-state index in [1.165, 1.54) is 0 Å². The summed E-state index contributed by atoms with van der Waals surface area (Å²) in [6.07, 6.45) is 1.13. The van der Waals surface area contributed by atoms with Gasteiger partial charge < -0.3 is 17.2 Å². The molecule has 1 heterocycles. The van der Waals surface area contributed by atoms with Gasteiger partial charge in [-0.15, -0.1) is 0 Å². The summed E-state index contributed by atoms with van der Waals surface area (Å²) >= 11 is 0. The Labute approximate surface area is 56.8 Å². The second-order valence-electron chi connectivity index (χ2n) is 1.83. The molecule has 4 nitrogen and oxygen atoms in total. The summed E-state index contributed by atoms with van der Waals surface area (Å²) in [7, 11) is 0. The van der Waals surface area contributed by atoms with Crippen molar-refractivity contribution in [3.8, 4) is 0 Å². The fourth-order valence-corrected chi connectivity index (χ4v) is 0.532. The fourth-order valence-electron chi connectivity index (χ4n) is 0.532. The number of nitrogens with zero attached hydrogens (tertiary/aromatic N) is 1. The van der Waals surface area contributed by atoms with Crippen molar-refractivity contribution in [1.29, 1.82) is 0 Å². The first-order chi connectivity index (χ1) is 4.63. The first-order valence-corrected chi connectivity index (χ1v) is 2.58. The van der Waals surface area contributed by atoms with Gasteiger partial charge in [-0.2, -0.15) is 4.39 Å². The third-order valence-electron chi connectivity index (χ3n) is 1.14. The third kappa shape index (κ3) is 0.812. The van der Waals surface area contributed by atoms with Crippen LogP contribution in [0.2, 0.25) is 0 Å². The first-order valence-electron chi connectivity index (χ1n) is 2.58. The number of nitrogens with two attached hydrogens (primary N) is 3. The molecule has 6 N–H and O–H groups in total. The predicted molar refractivity (Wildman–Crippen MR) is 37.4 cm³/mol. The lowest BCUT2D eigenvalue weighted by Crippen LogP contribution is -2.03. The molecular formula is C5H7FN4. The van der Waals surface area contributed by atoms with Gasteiger partial charge in [0.1, 0.15) is 5.69 Å². The van der Waals surface area contributed by atoms with Crippen molar-refractivity contribution in [2.75, 3.05) is 17.2 Å². The molecule has 0 aliphatic heterocycles. The van der Waals surface area contributed by atoms with E-state index >= 15 is 0 Å². The molecule has 0 unspecified atom stereocenters. The minimum absolute atomic E-state index is 0.0486. The Hall–Kier alpha value is -1.52. The van der Waals surface area contributed by atoms with Crippen LogP contribution in [0.15, 0.2) is 6.20 Å². The Balaban J connectivity index is 3.34. The van der Waals surface area contributed by atoms with Crippen molar-refractivity contribution >= 4 is 17.1 Å². The molecule has 54 valence electrons. The van der Waals surface area contributed by atoms with Crippen molar-refractivity contribution < 1.29 is 4.39 Å². The number of nitrogen functional groups attached to an aromatic ring is 3. The van der Waals surface area contributed by atoms with Crippen LogP contribution in [0.1, 0.15) is 0 Å². The Bertz CT molecular complexity index is 233. The van der Waals surface area contributed by atoms with Crippen molar-refractivity contribution in [2.45, 2.75) is 0 Å². The molecule has 0 aliphatic rings. The quantitative estimate of drug-likeness (QED) is 0.443. The van der Waals surface area contributed by atoms with Gasteiger partial charge in [0, 0.05) is 0 Å². The van der Waals surface area contributed by atoms with Crippen LogP contribution in [0.5, 0.6) is 0 Å². The SMILES string of the molecule is Nc1cnc(F)c(N)c1N. The van der Waals surface area contributed by atoms with Gasteiger partial charge in [-0.1, -0.05) is 0 Å². The maximum absolute atomic E-state index is 12.4. The number of anilines is 3. The number of hydrogen-bond acceptors (Lipinski definition) is 4. The number of rotatable bonds is 0. The number of halogens is 1. The van der Waals surface area contributed by atoms with E-state index in [-0.39, 0.29) is 17.1 Å². The van der Waals surface area contributed by atoms with E-state index in [2.05, 4.69) is 4.98 Å². The van der Waals surface area contributed by atoms with E-state index < -0.39 is 5.95 Å². The van der Waals surface area contributed by atoms with Gasteiger partial charge in [-0.05, 0) is 0 Å². The summed E-state index contributed by atoms with van der Waals surface area (Å²) < 4.78 is 12.4. The average molecular weight is 142 g/mol. The molecule has 0 fully saturated rings. The normalized spacial score (nSPS) is 9.70. The monoisotopic (exact) mass is 142 g/mol. The molecule has 0 spiro atoms. The van der Waals surface area contributed by atoms with Gasteiger partial charge in [0.2, 0.25) is 5.95 Å². The second-order valence-corrected chi connectivity index (χ2v) is 1.83. The standard InChI is InChI=1S/C5H7FN4/c6-5-4(9)3(8)2(7)1-10-5/h1H,7,9H2,(H2,8,10). The molecule has 0 saturated carbocycles. The van der Waals surface area contributed by atoms with Gasteiger partial charge in [-0.25, -0.2) is 4.98 Å². The lowest BCUT2D eigenvalue weighted by atomic mass is 10.3. The van der Waals surface area contributed by atoms with Gasteiger partial charge in [0.05, 0.1) is 17.6 Å². The van der Waals surface area contributed by atoms with Crippen LogP contribution in [0.3, 0.4) is 0 Å². The van der Waals surface area contributed by atoms with Gasteiger partial charge in [-0.3, -0.25) is 0 Å². The van der Waals surface area contributed by atoms with Crippen LogP contribution in [0, 0.1) is 5.95 Å². The van der Waals surface area contributed by atoms with E-state index in [9.17, 15) is 4.39 Å². The second kappa shape index (κ2) is 2.02. The maximum atomic E-state index is 12.4. The van der Waals surface area contributed by atoms with E-state index in [1.54, 1.807) is 0 Å². The molecule has 1 rings (SSSR count). The molecule has 0 aliphatic carbocycles. The zero-order chi connectivity index (χ0) is 7.72. The van der Waals surface area contributed by atoms with Crippen molar-refractivity contribution in [1.82, 2.24) is 4.98 Å². The van der Waals surface area contributed by atoms with E-state index in [0.29, 0.717) is 0 Å². The van der Waals surface area contributed by atoms with E-state index in [4.69, 9.17) is 17.2 Å². The van der Waals surface area contributed by atoms with E-state index in [0.717, 1.165) is 6.20 Å². The molecule has 0 saturated heterocycles. The van der Waals surface area contributed by atoms with Gasteiger partial charge >= 0.3 is 0 Å². The first kappa shape index (κ1) is 6.60. The lowest BCUT2D eigenvalue weighted by Gasteiger charge is -2.01. The maximum Gasteiger partial charge on any atom is 0.238 e. The van der Waals surface area contributed by atoms with Crippen LogP contribution in [0.25, 0.3) is 0 Å². The molecule has 10 heavy (non-hydrogen) atoms. The van der Waals surface area contributed by atoms with Crippen LogP contribution in [-0.2, 0) is 0 Å². The zero-order valence-electron chi connectivity index (χ0n) is 5.13. The van der Waals surface area contributed by atoms with Gasteiger partial charge in [0.25, 0.3) is 0 Å². The van der Waals surface area contributed by atoms with Crippen LogP contribution in [0.4, 0.5) is 21.5 Å². The van der Waals surface area contributed by atoms with Gasteiger partial charge in [0.15, 0.2) is 0 Å². The Morgan fingerprint density at radius 1 is 1.20 bits per heavy atom. The predicted octanol–water partition coefficient (Wildman–Crippen LogP) is -0.0327. The topological polar surface area (TPSA) is 90.9 Å². The average Bonchev–Trinajstić information content (AvgIpc) is 1.93. The molecule has 1 aromatic rings. The molecule has 1 aromatic heterocycles. The van der Waals surface area contributed by atoms with Crippen molar-refractivity contribution in [2.24, 2.45) is 0 Å². The molecule has 0 radical (unpaired) electrons. The summed E-state index contributed by atoms with van der Waals surface area (Å²) in [5, 5.41) is 0. The largest absolute Gasteiger partial charge is 0.396 e. The Morgan fingerprint density at radius 3 is 2.30 bits per heavy atom. The summed E-state index contributed by atoms with van der Waals surface area (Å²) in [6.45, 7) is 0. The molecule has 0 bridgehead atoms. The molecular weight excluding hydrogens is 135 g/mol. The minimum Gasteiger partial charge on any atom is -0.396 e. The van der Waals surface area contributed by atoms with E-state index in [1.807, 2.05) is 0 Å². The van der Waals surface area contributed by atoms with Crippen LogP contribution >= 0.6 is 0 Å².